The van der Waals surface area contributed by atoms with E-state index in [0.717, 1.165) is 38.5 Å². The topological polar surface area (TPSA) is 16.9 Å². The summed E-state index contributed by atoms with van der Waals surface area (Å²) in [6.45, 7) is 5.55. The van der Waals surface area contributed by atoms with E-state index in [1.165, 1.54) is 22.0 Å². The molecule has 0 aromatic heterocycles. The minimum absolute atomic E-state index is 0.972. The Morgan fingerprint density at radius 3 is 2.44 bits per heavy atom. The maximum Gasteiger partial charge on any atom is 0.142 e. The number of rotatable bonds is 4. The average molecular weight is 333 g/mol. The summed E-state index contributed by atoms with van der Waals surface area (Å²) in [4.78, 5) is 4.10. The standard InChI is InChI=1S/C22H24N2O/c1-25-22-12-5-4-11-21(22)24-15-13-23(14-16-24)17-19-9-6-8-18-7-2-3-10-20(18)19/h2-12H,13-17H2,1H3/p+1. The molecule has 3 heteroatoms. The Morgan fingerprint density at radius 1 is 0.880 bits per heavy atom. The number of nitrogens with one attached hydrogen (secondary N) is 1. The fourth-order valence-corrected chi connectivity index (χ4v) is 3.85. The van der Waals surface area contributed by atoms with Gasteiger partial charge in [0.1, 0.15) is 12.3 Å². The van der Waals surface area contributed by atoms with Crippen LogP contribution in [0.3, 0.4) is 0 Å². The summed E-state index contributed by atoms with van der Waals surface area (Å²) in [6, 6.07) is 23.7. The Balaban J connectivity index is 1.45. The van der Waals surface area contributed by atoms with Crippen LogP contribution in [0.4, 0.5) is 5.69 Å². The van der Waals surface area contributed by atoms with Crippen molar-refractivity contribution in [1.29, 1.82) is 0 Å². The molecule has 0 radical (unpaired) electrons. The third-order valence-corrected chi connectivity index (χ3v) is 5.22. The Bertz CT molecular complexity index is 848. The molecule has 1 heterocycles. The van der Waals surface area contributed by atoms with Crippen molar-refractivity contribution in [3.05, 3.63) is 72.3 Å². The molecule has 4 rings (SSSR count). The van der Waals surface area contributed by atoms with Gasteiger partial charge in [-0.1, -0.05) is 54.6 Å². The number of para-hydroxylation sites is 2. The van der Waals surface area contributed by atoms with Crippen molar-refractivity contribution < 1.29 is 9.64 Å². The van der Waals surface area contributed by atoms with E-state index >= 15 is 0 Å². The van der Waals surface area contributed by atoms with Gasteiger partial charge in [0, 0.05) is 5.56 Å². The van der Waals surface area contributed by atoms with Crippen molar-refractivity contribution in [2.45, 2.75) is 6.54 Å². The molecule has 1 N–H and O–H groups in total. The van der Waals surface area contributed by atoms with Crippen LogP contribution in [0.25, 0.3) is 10.8 Å². The smallest absolute Gasteiger partial charge is 0.142 e. The lowest BCUT2D eigenvalue weighted by atomic mass is 10.0. The Labute approximate surface area is 149 Å². The van der Waals surface area contributed by atoms with Gasteiger partial charge in [-0.3, -0.25) is 0 Å². The molecule has 3 aromatic rings. The van der Waals surface area contributed by atoms with Crippen LogP contribution in [-0.2, 0) is 6.54 Å². The van der Waals surface area contributed by atoms with Gasteiger partial charge >= 0.3 is 0 Å². The lowest BCUT2D eigenvalue weighted by Gasteiger charge is -2.34. The van der Waals surface area contributed by atoms with Gasteiger partial charge in [0.05, 0.1) is 39.0 Å². The summed E-state index contributed by atoms with van der Waals surface area (Å²) >= 11 is 0. The molecule has 0 amide bonds. The molecular formula is C22H25N2O+. The van der Waals surface area contributed by atoms with Crippen molar-refractivity contribution >= 4 is 16.5 Å². The number of hydrogen-bond donors (Lipinski definition) is 1. The number of nitrogens with zero attached hydrogens (tertiary/aromatic N) is 1. The number of piperazine rings is 1. The molecule has 3 nitrogen and oxygen atoms in total. The van der Waals surface area contributed by atoms with Crippen molar-refractivity contribution in [2.75, 3.05) is 38.2 Å². The number of quaternary nitrogens is 1. The summed E-state index contributed by atoms with van der Waals surface area (Å²) in [6.07, 6.45) is 0. The maximum absolute atomic E-state index is 5.52. The van der Waals surface area contributed by atoms with Gasteiger partial charge in [-0.25, -0.2) is 0 Å². The highest BCUT2D eigenvalue weighted by atomic mass is 16.5. The minimum Gasteiger partial charge on any atom is -0.495 e. The lowest BCUT2D eigenvalue weighted by Crippen LogP contribution is -3.13. The summed E-state index contributed by atoms with van der Waals surface area (Å²) in [5.74, 6) is 0.972. The van der Waals surface area contributed by atoms with Crippen molar-refractivity contribution in [1.82, 2.24) is 0 Å². The zero-order valence-electron chi connectivity index (χ0n) is 14.7. The molecule has 0 saturated carbocycles. The molecule has 0 aliphatic carbocycles. The summed E-state index contributed by atoms with van der Waals surface area (Å²) in [5, 5.41) is 2.73. The molecule has 25 heavy (non-hydrogen) atoms. The largest absolute Gasteiger partial charge is 0.495 e. The molecule has 0 unspecified atom stereocenters. The van der Waals surface area contributed by atoms with Crippen molar-refractivity contribution in [2.24, 2.45) is 0 Å². The van der Waals surface area contributed by atoms with Crippen LogP contribution >= 0.6 is 0 Å². The van der Waals surface area contributed by atoms with E-state index < -0.39 is 0 Å². The van der Waals surface area contributed by atoms with E-state index in [-0.39, 0.29) is 0 Å². The van der Waals surface area contributed by atoms with Crippen LogP contribution in [0.1, 0.15) is 5.56 Å². The maximum atomic E-state index is 5.52. The summed E-state index contributed by atoms with van der Waals surface area (Å²) < 4.78 is 5.52. The Morgan fingerprint density at radius 2 is 1.60 bits per heavy atom. The normalized spacial score (nSPS) is 15.5. The molecule has 0 atom stereocenters. The number of ether oxygens (including phenoxy) is 1. The van der Waals surface area contributed by atoms with Gasteiger partial charge in [-0.2, -0.15) is 0 Å². The molecule has 128 valence electrons. The Hall–Kier alpha value is -2.52. The number of hydrogen-bond acceptors (Lipinski definition) is 2. The average Bonchev–Trinajstić information content (AvgIpc) is 2.69. The van der Waals surface area contributed by atoms with Crippen LogP contribution < -0.4 is 14.5 Å². The molecule has 0 bridgehead atoms. The minimum atomic E-state index is 0.972. The SMILES string of the molecule is COc1ccccc1N1CC[NH+](Cc2cccc3ccccc23)CC1. The van der Waals surface area contributed by atoms with E-state index in [4.69, 9.17) is 4.74 Å². The highest BCUT2D eigenvalue weighted by Crippen LogP contribution is 2.27. The van der Waals surface area contributed by atoms with Crippen molar-refractivity contribution in [3.63, 3.8) is 0 Å². The predicted octanol–water partition coefficient (Wildman–Crippen LogP) is 2.75. The Kier molecular flexibility index (Phi) is 4.57. The molecule has 1 aliphatic rings. The predicted molar refractivity (Wildman–Crippen MR) is 104 cm³/mol. The first-order valence-corrected chi connectivity index (χ1v) is 9.03. The van der Waals surface area contributed by atoms with E-state index in [2.05, 4.69) is 59.5 Å². The zero-order chi connectivity index (χ0) is 17.1. The molecule has 1 aliphatic heterocycles. The molecule has 0 spiro atoms. The highest BCUT2D eigenvalue weighted by molar-refractivity contribution is 5.85. The van der Waals surface area contributed by atoms with Crippen LogP contribution in [0.2, 0.25) is 0 Å². The molecular weight excluding hydrogens is 308 g/mol. The third kappa shape index (κ3) is 3.33. The summed E-state index contributed by atoms with van der Waals surface area (Å²) in [5.41, 5.74) is 2.67. The molecule has 1 fully saturated rings. The second-order valence-corrected chi connectivity index (χ2v) is 6.72. The fourth-order valence-electron chi connectivity index (χ4n) is 3.85. The van der Waals surface area contributed by atoms with Gasteiger partial charge in [-0.05, 0) is 22.9 Å². The third-order valence-electron chi connectivity index (χ3n) is 5.22. The lowest BCUT2D eigenvalue weighted by molar-refractivity contribution is -0.914. The first kappa shape index (κ1) is 16.0. The highest BCUT2D eigenvalue weighted by Gasteiger charge is 2.22. The van der Waals surface area contributed by atoms with Crippen LogP contribution in [0, 0.1) is 0 Å². The van der Waals surface area contributed by atoms with Gasteiger partial charge < -0.3 is 14.5 Å². The number of fused-ring (bicyclic) bond motifs is 1. The quantitative estimate of drug-likeness (QED) is 0.791. The monoisotopic (exact) mass is 333 g/mol. The number of anilines is 1. The first-order chi connectivity index (χ1) is 12.3. The van der Waals surface area contributed by atoms with Gasteiger partial charge in [0.25, 0.3) is 0 Å². The molecule has 1 saturated heterocycles. The van der Waals surface area contributed by atoms with Crippen LogP contribution in [0.5, 0.6) is 5.75 Å². The van der Waals surface area contributed by atoms with E-state index in [1.54, 1.807) is 12.0 Å². The van der Waals surface area contributed by atoms with Crippen LogP contribution in [0.15, 0.2) is 66.7 Å². The first-order valence-electron chi connectivity index (χ1n) is 9.03. The second-order valence-electron chi connectivity index (χ2n) is 6.72. The van der Waals surface area contributed by atoms with Gasteiger partial charge in [-0.15, -0.1) is 0 Å². The zero-order valence-corrected chi connectivity index (χ0v) is 14.7. The van der Waals surface area contributed by atoms with E-state index in [0.29, 0.717) is 0 Å². The van der Waals surface area contributed by atoms with Gasteiger partial charge in [0.2, 0.25) is 0 Å². The summed E-state index contributed by atoms with van der Waals surface area (Å²) in [7, 11) is 1.75. The van der Waals surface area contributed by atoms with E-state index in [1.807, 2.05) is 12.1 Å². The van der Waals surface area contributed by atoms with Gasteiger partial charge in [0.15, 0.2) is 0 Å². The fraction of sp³-hybridized carbons (Fsp3) is 0.273. The number of methoxy groups -OCH3 is 1. The van der Waals surface area contributed by atoms with Crippen LogP contribution in [-0.4, -0.2) is 33.3 Å². The molecule has 3 aromatic carbocycles. The van der Waals surface area contributed by atoms with Crippen molar-refractivity contribution in [3.8, 4) is 5.75 Å². The second kappa shape index (κ2) is 7.16. The van der Waals surface area contributed by atoms with E-state index in [9.17, 15) is 0 Å². The number of benzene rings is 3.